The zero-order chi connectivity index (χ0) is 8.97. The second kappa shape index (κ2) is 3.60. The molecule has 1 radical (unpaired) electrons. The number of nitriles is 1. The van der Waals surface area contributed by atoms with E-state index in [4.69, 9.17) is 11.7 Å². The monoisotopic (exact) mass is 154 g/mol. The third-order valence-corrected chi connectivity index (χ3v) is 1.78. The van der Waals surface area contributed by atoms with E-state index < -0.39 is 0 Å². The molecule has 1 aromatic carbocycles. The minimum atomic E-state index is 0.648. The molecule has 0 aromatic heterocycles. The summed E-state index contributed by atoms with van der Waals surface area (Å²) in [6.07, 6.45) is 7.77. The maximum Gasteiger partial charge on any atom is 0.0994 e. The van der Waals surface area contributed by atoms with Crippen molar-refractivity contribution < 1.29 is 0 Å². The van der Waals surface area contributed by atoms with E-state index in [1.165, 1.54) is 0 Å². The number of nitrogens with zero attached hydrogens (tertiary/aromatic N) is 1. The maximum atomic E-state index is 8.73. The molecule has 0 N–H and O–H groups in total. The van der Waals surface area contributed by atoms with Gasteiger partial charge in [0, 0.05) is 5.56 Å². The molecule has 0 spiro atoms. The van der Waals surface area contributed by atoms with Crippen molar-refractivity contribution in [3.8, 4) is 12.0 Å². The fraction of sp³-hybridized carbons (Fsp3) is 0.182. The summed E-state index contributed by atoms with van der Waals surface area (Å²) in [5, 5.41) is 8.73. The van der Waals surface area contributed by atoms with Crippen LogP contribution >= 0.6 is 0 Å². The van der Waals surface area contributed by atoms with Gasteiger partial charge in [0.05, 0.1) is 11.6 Å². The highest BCUT2D eigenvalue weighted by Gasteiger charge is 2.02. The Balaban J connectivity index is 3.37. The summed E-state index contributed by atoms with van der Waals surface area (Å²) >= 11 is 0. The lowest BCUT2D eigenvalue weighted by atomic mass is 10.0. The van der Waals surface area contributed by atoms with Gasteiger partial charge in [-0.3, -0.25) is 0 Å². The normalized spacial score (nSPS) is 8.58. The number of hydrogen-bond donors (Lipinski definition) is 0. The van der Waals surface area contributed by atoms with Crippen LogP contribution in [0.5, 0.6) is 0 Å². The van der Waals surface area contributed by atoms with E-state index in [0.717, 1.165) is 17.5 Å². The summed E-state index contributed by atoms with van der Waals surface area (Å²) in [5.41, 5.74) is 2.28. The highest BCUT2D eigenvalue weighted by Crippen LogP contribution is 2.13. The summed E-state index contributed by atoms with van der Waals surface area (Å²) in [6.45, 7) is 1.97. The van der Waals surface area contributed by atoms with Crippen molar-refractivity contribution in [2.75, 3.05) is 0 Å². The van der Waals surface area contributed by atoms with Crippen molar-refractivity contribution in [1.82, 2.24) is 0 Å². The van der Waals surface area contributed by atoms with Crippen molar-refractivity contribution >= 4 is 0 Å². The first-order valence-electron chi connectivity index (χ1n) is 3.78. The molecule has 0 atom stereocenters. The highest BCUT2D eigenvalue weighted by atomic mass is 14.2. The van der Waals surface area contributed by atoms with E-state index >= 15 is 0 Å². The summed E-state index contributed by atoms with van der Waals surface area (Å²) in [7, 11) is 0. The zero-order valence-corrected chi connectivity index (χ0v) is 6.89. The van der Waals surface area contributed by atoms with Crippen LogP contribution in [-0.4, -0.2) is 0 Å². The fourth-order valence-corrected chi connectivity index (χ4v) is 1.19. The third kappa shape index (κ3) is 1.31. The molecule has 1 heteroatoms. The molecule has 0 unspecified atom stereocenters. The summed E-state index contributed by atoms with van der Waals surface area (Å²) in [5.74, 6) is 2.32. The molecule has 0 fully saturated rings. The predicted octanol–water partition coefficient (Wildman–Crippen LogP) is 2.06. The number of benzene rings is 1. The van der Waals surface area contributed by atoms with Crippen LogP contribution in [0.3, 0.4) is 0 Å². The van der Waals surface area contributed by atoms with Gasteiger partial charge in [-0.1, -0.05) is 18.9 Å². The molecule has 57 valence electrons. The predicted molar refractivity (Wildman–Crippen MR) is 46.8 cm³/mol. The molecule has 0 aliphatic carbocycles. The third-order valence-electron chi connectivity index (χ3n) is 1.78. The van der Waals surface area contributed by atoms with Crippen molar-refractivity contribution in [2.24, 2.45) is 0 Å². The molecule has 0 aliphatic heterocycles. The van der Waals surface area contributed by atoms with E-state index in [1.54, 1.807) is 18.2 Å². The first-order chi connectivity index (χ1) is 5.83. The van der Waals surface area contributed by atoms with Gasteiger partial charge in [0.25, 0.3) is 0 Å². The smallest absolute Gasteiger partial charge is 0.0994 e. The first-order valence-corrected chi connectivity index (χ1v) is 3.78. The van der Waals surface area contributed by atoms with E-state index in [1.807, 2.05) is 6.92 Å². The average Bonchev–Trinajstić information content (AvgIpc) is 2.16. The second-order valence-corrected chi connectivity index (χ2v) is 2.42. The van der Waals surface area contributed by atoms with E-state index in [9.17, 15) is 0 Å². The van der Waals surface area contributed by atoms with Crippen molar-refractivity contribution in [3.63, 3.8) is 0 Å². The highest BCUT2D eigenvalue weighted by molar-refractivity contribution is 5.48. The van der Waals surface area contributed by atoms with E-state index in [0.29, 0.717) is 5.56 Å². The van der Waals surface area contributed by atoms with Crippen LogP contribution in [0.2, 0.25) is 0 Å². The lowest BCUT2D eigenvalue weighted by molar-refractivity contribution is 1.12. The topological polar surface area (TPSA) is 23.8 Å². The Morgan fingerprint density at radius 2 is 2.08 bits per heavy atom. The summed E-state index contributed by atoms with van der Waals surface area (Å²) in [6, 6.07) is 7.43. The first kappa shape index (κ1) is 8.37. The summed E-state index contributed by atoms with van der Waals surface area (Å²) in [4.78, 5) is 0. The average molecular weight is 154 g/mol. The molecule has 1 nitrogen and oxygen atoms in total. The Bertz CT molecular complexity index is 331. The quantitative estimate of drug-likeness (QED) is 0.568. The molecule has 0 saturated carbocycles. The van der Waals surface area contributed by atoms with Gasteiger partial charge < -0.3 is 0 Å². The van der Waals surface area contributed by atoms with Crippen LogP contribution < -0.4 is 0 Å². The van der Waals surface area contributed by atoms with Gasteiger partial charge in [-0.2, -0.15) is 5.26 Å². The van der Waals surface area contributed by atoms with Gasteiger partial charge in [0.2, 0.25) is 0 Å². The largest absolute Gasteiger partial charge is 0.192 e. The molecule has 12 heavy (non-hydrogen) atoms. The second-order valence-electron chi connectivity index (χ2n) is 2.42. The molecule has 1 aromatic rings. The van der Waals surface area contributed by atoms with Crippen LogP contribution in [0.1, 0.15) is 23.6 Å². The van der Waals surface area contributed by atoms with Gasteiger partial charge in [0.1, 0.15) is 0 Å². The lowest BCUT2D eigenvalue weighted by Gasteiger charge is -2.02. The van der Waals surface area contributed by atoms with Crippen molar-refractivity contribution in [2.45, 2.75) is 13.3 Å². The molecule has 0 aliphatic rings. The lowest BCUT2D eigenvalue weighted by Crippen LogP contribution is -1.91. The van der Waals surface area contributed by atoms with Crippen LogP contribution in [0.4, 0.5) is 0 Å². The van der Waals surface area contributed by atoms with Crippen LogP contribution in [0.25, 0.3) is 0 Å². The molecule has 1 rings (SSSR count). The van der Waals surface area contributed by atoms with Gasteiger partial charge in [-0.15, -0.1) is 0 Å². The SMILES string of the molecule is [C]#Cc1cccc(C#N)c1CC. The van der Waals surface area contributed by atoms with E-state index in [2.05, 4.69) is 12.0 Å². The standard InChI is InChI=1S/C11H8N/c1-3-9-6-5-7-10(8-12)11(9)4-2/h5-7H,4H2,2H3. The zero-order valence-electron chi connectivity index (χ0n) is 6.89. The van der Waals surface area contributed by atoms with Crippen molar-refractivity contribution in [3.05, 3.63) is 41.3 Å². The molecular weight excluding hydrogens is 146 g/mol. The van der Waals surface area contributed by atoms with Gasteiger partial charge in [-0.25, -0.2) is 0 Å². The van der Waals surface area contributed by atoms with E-state index in [-0.39, 0.29) is 0 Å². The Kier molecular flexibility index (Phi) is 2.51. The van der Waals surface area contributed by atoms with Crippen molar-refractivity contribution in [1.29, 1.82) is 5.26 Å². The minimum Gasteiger partial charge on any atom is -0.192 e. The minimum absolute atomic E-state index is 0.648. The number of rotatable bonds is 1. The fourth-order valence-electron chi connectivity index (χ4n) is 1.19. The van der Waals surface area contributed by atoms with Crippen LogP contribution in [0, 0.1) is 23.7 Å². The Labute approximate surface area is 72.6 Å². The molecule has 0 bridgehead atoms. The number of hydrogen-bond acceptors (Lipinski definition) is 1. The van der Waals surface area contributed by atoms with Gasteiger partial charge in [0.15, 0.2) is 0 Å². The Hall–Kier alpha value is -1.73. The van der Waals surface area contributed by atoms with Crippen LogP contribution in [0.15, 0.2) is 18.2 Å². The molecule has 0 saturated heterocycles. The van der Waals surface area contributed by atoms with Crippen LogP contribution in [-0.2, 0) is 6.42 Å². The molecule has 0 heterocycles. The maximum absolute atomic E-state index is 8.73. The van der Waals surface area contributed by atoms with Gasteiger partial charge >= 0.3 is 0 Å². The Morgan fingerprint density at radius 3 is 2.58 bits per heavy atom. The van der Waals surface area contributed by atoms with Gasteiger partial charge in [-0.05, 0) is 30.5 Å². The Morgan fingerprint density at radius 1 is 1.42 bits per heavy atom. The summed E-state index contributed by atoms with van der Waals surface area (Å²) < 4.78 is 0. The molecular formula is C11H8N. The molecule has 0 amide bonds.